The van der Waals surface area contributed by atoms with Crippen molar-refractivity contribution in [3.63, 3.8) is 0 Å². The second-order valence-electron chi connectivity index (χ2n) is 20.9. The van der Waals surface area contributed by atoms with Gasteiger partial charge in [-0.2, -0.15) is 0 Å². The van der Waals surface area contributed by atoms with Gasteiger partial charge in [-0.3, -0.25) is 14.4 Å². The second kappa shape index (κ2) is 65.8. The molecule has 0 rings (SSSR count). The van der Waals surface area contributed by atoms with E-state index in [2.05, 4.69) is 167 Å². The Hall–Kier alpha value is -4.71. The normalized spacial score (nSPS) is 13.1. The highest BCUT2D eigenvalue weighted by Gasteiger charge is 2.19. The Balaban J connectivity index is 4.42. The summed E-state index contributed by atoms with van der Waals surface area (Å²) in [7, 11) is 0. The number of ether oxygens (including phenoxy) is 3. The Morgan fingerprint density at radius 2 is 0.494 bits per heavy atom. The molecule has 0 aliphatic rings. The highest BCUT2D eigenvalue weighted by Crippen LogP contribution is 2.15. The van der Waals surface area contributed by atoms with Gasteiger partial charge in [-0.1, -0.05) is 263 Å². The van der Waals surface area contributed by atoms with Crippen molar-refractivity contribution in [1.29, 1.82) is 0 Å². The predicted octanol–water partition coefficient (Wildman–Crippen LogP) is 22.3. The van der Waals surface area contributed by atoms with E-state index in [0.717, 1.165) is 135 Å². The molecule has 1 atom stereocenters. The maximum Gasteiger partial charge on any atom is 0.306 e. The minimum absolute atomic E-state index is 0.102. The molecule has 0 aromatic carbocycles. The molecule has 446 valence electrons. The summed E-state index contributed by atoms with van der Waals surface area (Å²) in [6, 6.07) is 0. The summed E-state index contributed by atoms with van der Waals surface area (Å²) in [6.07, 6.45) is 94.2. The molecule has 0 N–H and O–H groups in total. The van der Waals surface area contributed by atoms with Crippen molar-refractivity contribution in [3.8, 4) is 0 Å². The van der Waals surface area contributed by atoms with Gasteiger partial charge in [-0.15, -0.1) is 0 Å². The molecule has 0 saturated heterocycles. The van der Waals surface area contributed by atoms with Gasteiger partial charge in [-0.05, 0) is 141 Å². The number of allylic oxidation sites excluding steroid dienone is 24. The van der Waals surface area contributed by atoms with Gasteiger partial charge >= 0.3 is 17.9 Å². The van der Waals surface area contributed by atoms with Gasteiger partial charge in [0.05, 0.1) is 0 Å². The predicted molar refractivity (Wildman–Crippen MR) is 343 cm³/mol. The van der Waals surface area contributed by atoms with Crippen LogP contribution in [0.2, 0.25) is 0 Å². The number of carbonyl (C=O) groups excluding carboxylic acids is 3. The number of hydrogen-bond acceptors (Lipinski definition) is 6. The van der Waals surface area contributed by atoms with Crippen LogP contribution < -0.4 is 0 Å². The van der Waals surface area contributed by atoms with Crippen LogP contribution in [0.15, 0.2) is 146 Å². The zero-order valence-electron chi connectivity index (χ0n) is 51.1. The van der Waals surface area contributed by atoms with Crippen molar-refractivity contribution in [2.45, 2.75) is 284 Å². The fourth-order valence-corrected chi connectivity index (χ4v) is 8.53. The Morgan fingerprint density at radius 3 is 0.797 bits per heavy atom. The van der Waals surface area contributed by atoms with Crippen molar-refractivity contribution >= 4 is 17.9 Å². The van der Waals surface area contributed by atoms with Crippen LogP contribution >= 0.6 is 0 Å². The van der Waals surface area contributed by atoms with Crippen LogP contribution in [0.1, 0.15) is 278 Å². The van der Waals surface area contributed by atoms with Crippen molar-refractivity contribution in [2.24, 2.45) is 0 Å². The lowest BCUT2D eigenvalue weighted by Crippen LogP contribution is -2.30. The number of carbonyl (C=O) groups is 3. The first-order valence-electron chi connectivity index (χ1n) is 32.3. The average Bonchev–Trinajstić information content (AvgIpc) is 3.45. The van der Waals surface area contributed by atoms with E-state index in [-0.39, 0.29) is 31.1 Å². The van der Waals surface area contributed by atoms with E-state index in [1.165, 1.54) is 103 Å². The molecule has 79 heavy (non-hydrogen) atoms. The first-order chi connectivity index (χ1) is 39.0. The smallest absolute Gasteiger partial charge is 0.306 e. The monoisotopic (exact) mass is 1090 g/mol. The van der Waals surface area contributed by atoms with E-state index in [4.69, 9.17) is 14.2 Å². The maximum absolute atomic E-state index is 12.9. The molecule has 0 fully saturated rings. The van der Waals surface area contributed by atoms with Gasteiger partial charge in [0.2, 0.25) is 0 Å². The molecular weight excluding hydrogens is 973 g/mol. The Kier molecular flexibility index (Phi) is 61.9. The van der Waals surface area contributed by atoms with E-state index < -0.39 is 6.10 Å². The largest absolute Gasteiger partial charge is 0.462 e. The van der Waals surface area contributed by atoms with Crippen LogP contribution in [-0.2, 0) is 28.6 Å². The van der Waals surface area contributed by atoms with Gasteiger partial charge < -0.3 is 14.2 Å². The van der Waals surface area contributed by atoms with Crippen molar-refractivity contribution in [1.82, 2.24) is 0 Å². The van der Waals surface area contributed by atoms with Crippen molar-refractivity contribution in [2.75, 3.05) is 13.2 Å². The lowest BCUT2D eigenvalue weighted by molar-refractivity contribution is -0.167. The van der Waals surface area contributed by atoms with Crippen molar-refractivity contribution < 1.29 is 28.6 Å². The topological polar surface area (TPSA) is 78.9 Å². The van der Waals surface area contributed by atoms with Crippen molar-refractivity contribution in [3.05, 3.63) is 146 Å². The number of rotatable bonds is 57. The fourth-order valence-electron chi connectivity index (χ4n) is 8.53. The third-order valence-corrected chi connectivity index (χ3v) is 13.3. The summed E-state index contributed by atoms with van der Waals surface area (Å²) < 4.78 is 16.9. The summed E-state index contributed by atoms with van der Waals surface area (Å²) in [4.78, 5) is 38.3. The SMILES string of the molecule is CC/C=C\C/C=C\C/C=C\C/C=C\C/C=C\C/C=C\CCCCCCCCCCC(=O)OCC(COC(=O)CCCC/C=C\C/C=C\C/C=C\C/C=C\CC)OC(=O)CCCCCCCCCCC/C=C\C/C=C\CCCCC. The Labute approximate surface area is 487 Å². The number of unbranched alkanes of at least 4 members (excludes halogenated alkanes) is 22. The molecule has 0 amide bonds. The van der Waals surface area contributed by atoms with Crippen LogP contribution in [-0.4, -0.2) is 37.2 Å². The fraction of sp³-hybridized carbons (Fsp3) is 0.630. The minimum Gasteiger partial charge on any atom is -0.462 e. The molecule has 6 nitrogen and oxygen atoms in total. The van der Waals surface area contributed by atoms with Crippen LogP contribution in [0.25, 0.3) is 0 Å². The molecule has 0 bridgehead atoms. The first kappa shape index (κ1) is 74.3. The highest BCUT2D eigenvalue weighted by atomic mass is 16.6. The van der Waals surface area contributed by atoms with Gasteiger partial charge in [0.15, 0.2) is 6.10 Å². The summed E-state index contributed by atoms with van der Waals surface area (Å²) in [5, 5.41) is 0. The lowest BCUT2D eigenvalue weighted by atomic mass is 10.1. The average molecular weight is 1090 g/mol. The van der Waals surface area contributed by atoms with Gasteiger partial charge in [-0.25, -0.2) is 0 Å². The molecule has 0 aromatic heterocycles. The van der Waals surface area contributed by atoms with E-state index in [1.54, 1.807) is 0 Å². The van der Waals surface area contributed by atoms with E-state index in [0.29, 0.717) is 19.3 Å². The second-order valence-corrected chi connectivity index (χ2v) is 20.9. The first-order valence-corrected chi connectivity index (χ1v) is 32.3. The minimum atomic E-state index is -0.809. The lowest BCUT2D eigenvalue weighted by Gasteiger charge is -2.18. The summed E-state index contributed by atoms with van der Waals surface area (Å²) >= 11 is 0. The molecule has 0 saturated carbocycles. The third kappa shape index (κ3) is 64.0. The summed E-state index contributed by atoms with van der Waals surface area (Å²) in [5.41, 5.74) is 0. The van der Waals surface area contributed by atoms with Gasteiger partial charge in [0, 0.05) is 19.3 Å². The van der Waals surface area contributed by atoms with E-state index in [9.17, 15) is 14.4 Å². The Morgan fingerprint density at radius 1 is 0.266 bits per heavy atom. The molecule has 0 aliphatic heterocycles. The maximum atomic E-state index is 12.9. The quantitative estimate of drug-likeness (QED) is 0.0261. The molecule has 0 aliphatic carbocycles. The molecule has 0 spiro atoms. The number of hydrogen-bond donors (Lipinski definition) is 0. The standard InChI is InChI=1S/C73H118O6/c1-4-7-10-13-16-19-22-25-28-30-32-33-34-35-36-37-38-39-41-42-45-48-51-54-57-60-63-66-72(75)78-69-70(68-77-71(74)65-62-59-56-53-50-47-44-27-24-21-18-15-12-9-6-3)79-73(76)67-64-61-58-55-52-49-46-43-40-31-29-26-23-20-17-14-11-8-5-2/h7,9-10,12,16-21,25-29,32-33,35-36,38-39,44,50,53,70H,4-6,8,11,13-15,22-24,30-31,34,37,40-43,45-49,51-52,54-69H2,1-3H3/b10-7-,12-9-,19-16-,20-17-,21-18-,28-25-,29-26-,33-32-,36-35-,39-38-,44-27-,53-50-. The summed E-state index contributed by atoms with van der Waals surface area (Å²) in [5.74, 6) is -0.956. The number of esters is 3. The molecule has 0 aromatic rings. The van der Waals surface area contributed by atoms with Crippen LogP contribution in [0.4, 0.5) is 0 Å². The van der Waals surface area contributed by atoms with Gasteiger partial charge in [0.1, 0.15) is 13.2 Å². The van der Waals surface area contributed by atoms with Gasteiger partial charge in [0.25, 0.3) is 0 Å². The highest BCUT2D eigenvalue weighted by molar-refractivity contribution is 5.71. The zero-order chi connectivity index (χ0) is 57.1. The molecule has 0 radical (unpaired) electrons. The molecule has 1 unspecified atom stereocenters. The molecular formula is C73H118O6. The van der Waals surface area contributed by atoms with E-state index >= 15 is 0 Å². The van der Waals surface area contributed by atoms with Crippen LogP contribution in [0.5, 0.6) is 0 Å². The zero-order valence-corrected chi connectivity index (χ0v) is 51.1. The molecule has 6 heteroatoms. The summed E-state index contributed by atoms with van der Waals surface area (Å²) in [6.45, 7) is 6.35. The Bertz CT molecular complexity index is 1730. The van der Waals surface area contributed by atoms with E-state index in [1.807, 2.05) is 0 Å². The molecule has 0 heterocycles. The third-order valence-electron chi connectivity index (χ3n) is 13.3. The van der Waals surface area contributed by atoms with Crippen LogP contribution in [0, 0.1) is 0 Å². The van der Waals surface area contributed by atoms with Crippen LogP contribution in [0.3, 0.4) is 0 Å².